The van der Waals surface area contributed by atoms with Crippen molar-refractivity contribution in [1.29, 1.82) is 0 Å². The van der Waals surface area contributed by atoms with Gasteiger partial charge in [-0.2, -0.15) is 0 Å². The first-order chi connectivity index (χ1) is 17.7. The fraction of sp³-hybridized carbons (Fsp3) is 0.484. The number of para-hydroxylation sites is 1. The molecule has 1 unspecified atom stereocenters. The van der Waals surface area contributed by atoms with E-state index in [1.54, 1.807) is 6.92 Å². The predicted octanol–water partition coefficient (Wildman–Crippen LogP) is 5.62. The van der Waals surface area contributed by atoms with Crippen LogP contribution in [0.25, 0.3) is 10.9 Å². The quantitative estimate of drug-likeness (QED) is 0.374. The molecule has 0 saturated heterocycles. The first-order valence-corrected chi connectivity index (χ1v) is 13.5. The Balaban J connectivity index is 1.29. The van der Waals surface area contributed by atoms with Gasteiger partial charge in [-0.25, -0.2) is 4.79 Å². The Kier molecular flexibility index (Phi) is 6.78. The molecule has 3 saturated carbocycles. The van der Waals surface area contributed by atoms with E-state index in [-0.39, 0.29) is 12.0 Å². The lowest BCUT2D eigenvalue weighted by atomic mass is 9.45. The van der Waals surface area contributed by atoms with Gasteiger partial charge in [0.2, 0.25) is 5.91 Å². The first-order valence-electron chi connectivity index (χ1n) is 13.5. The second kappa shape index (κ2) is 9.88. The van der Waals surface area contributed by atoms with Crippen LogP contribution in [-0.2, 0) is 22.4 Å². The van der Waals surface area contributed by atoms with Gasteiger partial charge >= 0.3 is 6.09 Å². The third-order valence-corrected chi connectivity index (χ3v) is 9.18. The van der Waals surface area contributed by atoms with Crippen LogP contribution in [0.4, 0.5) is 4.79 Å². The summed E-state index contributed by atoms with van der Waals surface area (Å²) in [6, 6.07) is 18.1. The number of amides is 2. The highest BCUT2D eigenvalue weighted by molar-refractivity contribution is 5.91. The number of alkyl carbamates (subject to hydrolysis) is 1. The molecule has 0 spiro atoms. The van der Waals surface area contributed by atoms with Gasteiger partial charge in [0, 0.05) is 30.1 Å². The normalized spacial score (nSPS) is 25.5. The number of nitrogens with one attached hydrogen (secondary N) is 3. The van der Waals surface area contributed by atoms with Crippen molar-refractivity contribution in [2.75, 3.05) is 6.54 Å². The van der Waals surface area contributed by atoms with Gasteiger partial charge in [-0.15, -0.1) is 0 Å². The van der Waals surface area contributed by atoms with E-state index in [0.717, 1.165) is 34.9 Å². The van der Waals surface area contributed by atoms with Gasteiger partial charge in [-0.3, -0.25) is 4.79 Å². The number of H-pyrrole nitrogens is 1. The van der Waals surface area contributed by atoms with E-state index in [0.29, 0.717) is 36.1 Å². The summed E-state index contributed by atoms with van der Waals surface area (Å²) in [5.74, 6) is 1.25. The van der Waals surface area contributed by atoms with Crippen LogP contribution in [0, 0.1) is 23.2 Å². The highest BCUT2D eigenvalue weighted by Gasteiger charge is 2.57. The molecule has 2 bridgehead atoms. The van der Waals surface area contributed by atoms with Crippen molar-refractivity contribution in [1.82, 2.24) is 15.6 Å². The Bertz CT molecular complexity index is 1270. The van der Waals surface area contributed by atoms with E-state index in [2.05, 4.69) is 36.4 Å². The number of ether oxygens (including phenoxy) is 1. The number of carbonyl (C=O) groups excluding carboxylic acids is 2. The number of fused-ring (bicyclic) bond motifs is 3. The zero-order chi connectivity index (χ0) is 26.2. The fourth-order valence-electron chi connectivity index (χ4n) is 6.65. The maximum atomic E-state index is 13.6. The van der Waals surface area contributed by atoms with Gasteiger partial charge in [0.05, 0.1) is 0 Å². The van der Waals surface area contributed by atoms with E-state index < -0.39 is 11.6 Å². The summed E-state index contributed by atoms with van der Waals surface area (Å²) in [6.07, 6.45) is 4.47. The highest BCUT2D eigenvalue weighted by atomic mass is 16.6. The van der Waals surface area contributed by atoms with Gasteiger partial charge in [0.1, 0.15) is 11.6 Å². The van der Waals surface area contributed by atoms with Crippen molar-refractivity contribution in [2.24, 2.45) is 23.2 Å². The average Bonchev–Trinajstić information content (AvgIpc) is 3.27. The number of hydrogen-bond donors (Lipinski definition) is 3. The van der Waals surface area contributed by atoms with Crippen LogP contribution in [0.5, 0.6) is 0 Å². The molecule has 3 aliphatic rings. The number of benzene rings is 2. The largest absolute Gasteiger partial charge is 0.446 e. The third-order valence-electron chi connectivity index (χ3n) is 9.18. The molecule has 0 radical (unpaired) electrons. The maximum absolute atomic E-state index is 13.6. The summed E-state index contributed by atoms with van der Waals surface area (Å²) in [5.41, 5.74) is 2.29. The SMILES string of the molecule is C[C@@H]1[C@H]2C[C@@H](C[C@H]1OC(=O)NC(C)(Cc1c[nH]c3ccccc13)C(=O)NCCc1ccccc1)C2(C)C. The summed E-state index contributed by atoms with van der Waals surface area (Å²) >= 11 is 0. The Labute approximate surface area is 219 Å². The van der Waals surface area contributed by atoms with Crippen LogP contribution in [-0.4, -0.2) is 35.2 Å². The van der Waals surface area contributed by atoms with Crippen molar-refractivity contribution in [3.8, 4) is 0 Å². The minimum Gasteiger partial charge on any atom is -0.446 e. The lowest BCUT2D eigenvalue weighted by Gasteiger charge is -2.61. The van der Waals surface area contributed by atoms with E-state index in [9.17, 15) is 9.59 Å². The van der Waals surface area contributed by atoms with Crippen LogP contribution in [0.1, 0.15) is 51.7 Å². The first kappa shape index (κ1) is 25.4. The molecule has 1 heterocycles. The number of aromatic amines is 1. The summed E-state index contributed by atoms with van der Waals surface area (Å²) in [7, 11) is 0. The van der Waals surface area contributed by atoms with Crippen LogP contribution < -0.4 is 10.6 Å². The Morgan fingerprint density at radius 1 is 1.08 bits per heavy atom. The molecule has 3 fully saturated rings. The van der Waals surface area contributed by atoms with E-state index in [4.69, 9.17) is 4.74 Å². The molecule has 6 rings (SSSR count). The van der Waals surface area contributed by atoms with Gasteiger partial charge in [0.15, 0.2) is 0 Å². The van der Waals surface area contributed by atoms with Gasteiger partial charge in [-0.05, 0) is 66.5 Å². The number of aromatic nitrogens is 1. The molecule has 196 valence electrons. The molecule has 0 aliphatic heterocycles. The number of rotatable bonds is 8. The van der Waals surface area contributed by atoms with Gasteiger partial charge < -0.3 is 20.4 Å². The Morgan fingerprint density at radius 2 is 1.81 bits per heavy atom. The molecule has 5 atom stereocenters. The molecule has 3 aliphatic carbocycles. The zero-order valence-corrected chi connectivity index (χ0v) is 22.3. The predicted molar refractivity (Wildman–Crippen MR) is 146 cm³/mol. The van der Waals surface area contributed by atoms with Crippen molar-refractivity contribution >= 4 is 22.9 Å². The molecule has 3 N–H and O–H groups in total. The van der Waals surface area contributed by atoms with Gasteiger partial charge in [0.25, 0.3) is 0 Å². The van der Waals surface area contributed by atoms with Gasteiger partial charge in [-0.1, -0.05) is 69.3 Å². The van der Waals surface area contributed by atoms with Crippen molar-refractivity contribution in [3.63, 3.8) is 0 Å². The van der Waals surface area contributed by atoms with Crippen molar-refractivity contribution in [3.05, 3.63) is 71.9 Å². The molecule has 6 nitrogen and oxygen atoms in total. The monoisotopic (exact) mass is 501 g/mol. The average molecular weight is 502 g/mol. The molecule has 2 amide bonds. The fourth-order valence-corrected chi connectivity index (χ4v) is 6.65. The molecule has 6 heteroatoms. The van der Waals surface area contributed by atoms with E-state index >= 15 is 0 Å². The molecule has 1 aromatic heterocycles. The summed E-state index contributed by atoms with van der Waals surface area (Å²) < 4.78 is 5.99. The van der Waals surface area contributed by atoms with Crippen LogP contribution in [0.3, 0.4) is 0 Å². The maximum Gasteiger partial charge on any atom is 0.408 e. The molecular formula is C31H39N3O3. The lowest BCUT2D eigenvalue weighted by molar-refractivity contribution is -0.155. The third kappa shape index (κ3) is 4.98. The zero-order valence-electron chi connectivity index (χ0n) is 22.3. The molecule has 37 heavy (non-hydrogen) atoms. The molecule has 2 aromatic carbocycles. The summed E-state index contributed by atoms with van der Waals surface area (Å²) in [4.78, 5) is 30.1. The minimum absolute atomic E-state index is 0.116. The topological polar surface area (TPSA) is 83.2 Å². The van der Waals surface area contributed by atoms with Crippen molar-refractivity contribution in [2.45, 2.75) is 65.0 Å². The van der Waals surface area contributed by atoms with Crippen LogP contribution >= 0.6 is 0 Å². The lowest BCUT2D eigenvalue weighted by Crippen LogP contribution is -2.61. The van der Waals surface area contributed by atoms with E-state index in [1.807, 2.05) is 60.8 Å². The Morgan fingerprint density at radius 3 is 2.54 bits per heavy atom. The van der Waals surface area contributed by atoms with Crippen molar-refractivity contribution < 1.29 is 14.3 Å². The number of hydrogen-bond acceptors (Lipinski definition) is 3. The molecule has 3 aromatic rings. The minimum atomic E-state index is -1.17. The second-order valence-corrected chi connectivity index (χ2v) is 11.9. The summed E-state index contributed by atoms with van der Waals surface area (Å²) in [6.45, 7) is 9.13. The van der Waals surface area contributed by atoms with Crippen LogP contribution in [0.2, 0.25) is 0 Å². The molecular weight excluding hydrogens is 462 g/mol. The second-order valence-electron chi connectivity index (χ2n) is 11.9. The number of carbonyl (C=O) groups is 2. The van der Waals surface area contributed by atoms with E-state index in [1.165, 1.54) is 6.42 Å². The smallest absolute Gasteiger partial charge is 0.408 e. The Hall–Kier alpha value is -3.28. The highest BCUT2D eigenvalue weighted by Crippen LogP contribution is 2.61. The van der Waals surface area contributed by atoms with Crippen LogP contribution in [0.15, 0.2) is 60.8 Å². The standard InChI is InChI=1S/C31H39N3O3/c1-20-25-16-23(30(25,2)3)17-27(20)37-29(36)34-31(4,18-22-19-33-26-13-9-8-12-24(22)26)28(35)32-15-14-21-10-6-5-7-11-21/h5-13,19-20,23,25,27,33H,14-18H2,1-4H3,(H,32,35)(H,34,36)/t20-,23+,25-,27-,31?/m1/s1. The summed E-state index contributed by atoms with van der Waals surface area (Å²) in [5, 5.41) is 7.08.